The van der Waals surface area contributed by atoms with Gasteiger partial charge in [-0.3, -0.25) is 0 Å². The fraction of sp³-hybridized carbons (Fsp3) is 0.500. The molecule has 0 unspecified atom stereocenters. The number of alkyl halides is 1. The standard InChI is InChI=1S/C12H14Br2ClNO2S/c13-8-12(5-1-2-6-12)16-19(17,18)11-4-3-9(14)7-10(11)15/h3-4,7,16H,1-2,5-6,8H2. The topological polar surface area (TPSA) is 46.2 Å². The number of rotatable bonds is 4. The van der Waals surface area contributed by atoms with Gasteiger partial charge in [0, 0.05) is 15.3 Å². The molecular formula is C12H14Br2ClNO2S. The Morgan fingerprint density at radius 1 is 1.32 bits per heavy atom. The Bertz CT molecular complexity index is 571. The van der Waals surface area contributed by atoms with Gasteiger partial charge >= 0.3 is 0 Å². The van der Waals surface area contributed by atoms with Gasteiger partial charge in [-0.2, -0.15) is 0 Å². The highest BCUT2D eigenvalue weighted by Crippen LogP contribution is 2.34. The molecule has 19 heavy (non-hydrogen) atoms. The normalized spacial score (nSPS) is 18.7. The van der Waals surface area contributed by atoms with E-state index in [1.165, 1.54) is 6.07 Å². The molecule has 1 N–H and O–H groups in total. The summed E-state index contributed by atoms with van der Waals surface area (Å²) < 4.78 is 28.5. The Morgan fingerprint density at radius 2 is 1.95 bits per heavy atom. The Hall–Kier alpha value is 0.380. The van der Waals surface area contributed by atoms with Gasteiger partial charge in [-0.25, -0.2) is 13.1 Å². The zero-order valence-electron chi connectivity index (χ0n) is 10.1. The number of hydrogen-bond acceptors (Lipinski definition) is 2. The highest BCUT2D eigenvalue weighted by Gasteiger charge is 2.37. The van der Waals surface area contributed by atoms with Crippen molar-refractivity contribution < 1.29 is 8.42 Å². The summed E-state index contributed by atoms with van der Waals surface area (Å²) >= 11 is 12.7. The first kappa shape index (κ1) is 15.8. The molecule has 1 aromatic carbocycles. The molecule has 2 rings (SSSR count). The summed E-state index contributed by atoms with van der Waals surface area (Å²) in [6.07, 6.45) is 3.79. The smallest absolute Gasteiger partial charge is 0.207 e. The predicted molar refractivity (Wildman–Crippen MR) is 84.5 cm³/mol. The number of halogens is 3. The third kappa shape index (κ3) is 3.53. The molecule has 0 bridgehead atoms. The van der Waals surface area contributed by atoms with Gasteiger partial charge in [-0.1, -0.05) is 56.3 Å². The summed E-state index contributed by atoms with van der Waals surface area (Å²) in [6, 6.07) is 4.78. The van der Waals surface area contributed by atoms with Crippen LogP contribution in [0, 0.1) is 0 Å². The molecule has 1 fully saturated rings. The van der Waals surface area contributed by atoms with Gasteiger partial charge in [0.2, 0.25) is 10.0 Å². The average molecular weight is 432 g/mol. The fourth-order valence-electron chi connectivity index (χ4n) is 2.35. The van der Waals surface area contributed by atoms with Crippen molar-refractivity contribution in [2.24, 2.45) is 0 Å². The zero-order chi connectivity index (χ0) is 14.1. The first-order valence-corrected chi connectivity index (χ1v) is 9.71. The van der Waals surface area contributed by atoms with Crippen molar-refractivity contribution in [1.29, 1.82) is 0 Å². The van der Waals surface area contributed by atoms with Crippen molar-refractivity contribution >= 4 is 53.5 Å². The fourth-order valence-corrected chi connectivity index (χ4v) is 5.73. The van der Waals surface area contributed by atoms with E-state index in [-0.39, 0.29) is 15.5 Å². The van der Waals surface area contributed by atoms with Crippen LogP contribution >= 0.6 is 43.5 Å². The van der Waals surface area contributed by atoms with Gasteiger partial charge in [-0.15, -0.1) is 0 Å². The van der Waals surface area contributed by atoms with Crippen molar-refractivity contribution in [3.05, 3.63) is 27.7 Å². The van der Waals surface area contributed by atoms with Gasteiger partial charge in [0.15, 0.2) is 0 Å². The van der Waals surface area contributed by atoms with E-state index in [0.717, 1.165) is 30.2 Å². The van der Waals surface area contributed by atoms with Gasteiger partial charge in [0.25, 0.3) is 0 Å². The van der Waals surface area contributed by atoms with Crippen molar-refractivity contribution in [2.75, 3.05) is 5.33 Å². The first-order valence-electron chi connectivity index (χ1n) is 5.94. The Kier molecular flexibility index (Phi) is 4.99. The lowest BCUT2D eigenvalue weighted by Crippen LogP contribution is -2.47. The molecule has 0 aromatic heterocycles. The summed E-state index contributed by atoms with van der Waals surface area (Å²) in [5.41, 5.74) is -0.380. The maximum atomic E-state index is 12.5. The van der Waals surface area contributed by atoms with Gasteiger partial charge in [0.1, 0.15) is 4.90 Å². The number of benzene rings is 1. The molecule has 1 aliphatic carbocycles. The van der Waals surface area contributed by atoms with Crippen LogP contribution in [0.2, 0.25) is 5.02 Å². The summed E-state index contributed by atoms with van der Waals surface area (Å²) in [7, 11) is -3.59. The zero-order valence-corrected chi connectivity index (χ0v) is 14.9. The molecule has 0 atom stereocenters. The highest BCUT2D eigenvalue weighted by molar-refractivity contribution is 9.10. The summed E-state index contributed by atoms with van der Waals surface area (Å²) in [5.74, 6) is 0. The maximum absolute atomic E-state index is 12.5. The van der Waals surface area contributed by atoms with Crippen LogP contribution in [0.3, 0.4) is 0 Å². The highest BCUT2D eigenvalue weighted by atomic mass is 79.9. The van der Waals surface area contributed by atoms with Gasteiger partial charge in [0.05, 0.1) is 5.02 Å². The third-order valence-corrected chi connectivity index (χ3v) is 6.98. The Morgan fingerprint density at radius 3 is 2.47 bits per heavy atom. The number of sulfonamides is 1. The second-order valence-corrected chi connectivity index (χ2v) is 8.34. The molecule has 1 saturated carbocycles. The Balaban J connectivity index is 2.32. The van der Waals surface area contributed by atoms with Crippen LogP contribution in [0.5, 0.6) is 0 Å². The molecule has 0 radical (unpaired) electrons. The molecule has 106 valence electrons. The van der Waals surface area contributed by atoms with E-state index in [1.807, 2.05) is 0 Å². The molecule has 1 aliphatic rings. The minimum Gasteiger partial charge on any atom is -0.207 e. The van der Waals surface area contributed by atoms with Crippen molar-refractivity contribution in [2.45, 2.75) is 36.1 Å². The molecule has 1 aromatic rings. The van der Waals surface area contributed by atoms with Crippen molar-refractivity contribution in [3.8, 4) is 0 Å². The van der Waals surface area contributed by atoms with E-state index in [1.54, 1.807) is 12.1 Å². The third-order valence-electron chi connectivity index (χ3n) is 3.35. The van der Waals surface area contributed by atoms with Crippen molar-refractivity contribution in [1.82, 2.24) is 4.72 Å². The van der Waals surface area contributed by atoms with Crippen LogP contribution in [0.15, 0.2) is 27.6 Å². The van der Waals surface area contributed by atoms with Crippen LogP contribution in [0.1, 0.15) is 25.7 Å². The van der Waals surface area contributed by atoms with E-state index in [4.69, 9.17) is 11.6 Å². The van der Waals surface area contributed by atoms with E-state index >= 15 is 0 Å². The van der Waals surface area contributed by atoms with Gasteiger partial charge < -0.3 is 0 Å². The van der Waals surface area contributed by atoms with E-state index in [0.29, 0.717) is 5.33 Å². The summed E-state index contributed by atoms with van der Waals surface area (Å²) in [4.78, 5) is 0.129. The molecule has 0 aliphatic heterocycles. The Labute approximate surface area is 135 Å². The van der Waals surface area contributed by atoms with E-state index in [9.17, 15) is 8.42 Å². The quantitative estimate of drug-likeness (QED) is 0.730. The maximum Gasteiger partial charge on any atom is 0.242 e. The van der Waals surface area contributed by atoms with Crippen LogP contribution in [0.25, 0.3) is 0 Å². The second kappa shape index (κ2) is 6.02. The SMILES string of the molecule is O=S(=O)(NC1(CBr)CCCC1)c1ccc(Br)cc1Cl. The molecule has 7 heteroatoms. The molecular weight excluding hydrogens is 417 g/mol. The van der Waals surface area contributed by atoms with Crippen LogP contribution in [-0.2, 0) is 10.0 Å². The minimum atomic E-state index is -3.59. The van der Waals surface area contributed by atoms with E-state index in [2.05, 4.69) is 36.6 Å². The van der Waals surface area contributed by atoms with E-state index < -0.39 is 10.0 Å². The summed E-state index contributed by atoms with van der Waals surface area (Å²) in [6.45, 7) is 0. The van der Waals surface area contributed by atoms with Gasteiger partial charge in [-0.05, 0) is 31.0 Å². The molecule has 3 nitrogen and oxygen atoms in total. The lowest BCUT2D eigenvalue weighted by molar-refractivity contribution is 0.438. The lowest BCUT2D eigenvalue weighted by atomic mass is 10.0. The van der Waals surface area contributed by atoms with Crippen molar-refractivity contribution in [3.63, 3.8) is 0 Å². The predicted octanol–water partition coefficient (Wildman–Crippen LogP) is 4.09. The van der Waals surface area contributed by atoms with Crippen LogP contribution < -0.4 is 4.72 Å². The molecule has 0 heterocycles. The average Bonchev–Trinajstić information content (AvgIpc) is 2.77. The largest absolute Gasteiger partial charge is 0.242 e. The first-order chi connectivity index (χ1) is 8.88. The minimum absolute atomic E-state index is 0.129. The second-order valence-electron chi connectivity index (χ2n) is 4.80. The molecule has 0 spiro atoms. The molecule has 0 saturated heterocycles. The molecule has 0 amide bonds. The summed E-state index contributed by atoms with van der Waals surface area (Å²) in [5, 5.41) is 0.845. The van der Waals surface area contributed by atoms with Crippen LogP contribution in [-0.4, -0.2) is 19.3 Å². The number of hydrogen-bond donors (Lipinski definition) is 1. The van der Waals surface area contributed by atoms with Crippen LogP contribution in [0.4, 0.5) is 0 Å². The monoisotopic (exact) mass is 429 g/mol. The number of nitrogens with one attached hydrogen (secondary N) is 1. The lowest BCUT2D eigenvalue weighted by Gasteiger charge is -2.27.